The minimum absolute atomic E-state index is 0.556. The molecule has 0 radical (unpaired) electrons. The number of hydrogen-bond acceptors (Lipinski definition) is 2. The molecule has 0 heterocycles. The first-order valence-electron chi connectivity index (χ1n) is 3.44. The van der Waals surface area contributed by atoms with Gasteiger partial charge in [0.05, 0.1) is 10.6 Å². The summed E-state index contributed by atoms with van der Waals surface area (Å²) in [6, 6.07) is 2.62. The molecule has 1 rings (SSSR count). The first kappa shape index (κ1) is 12.6. The van der Waals surface area contributed by atoms with Crippen molar-refractivity contribution in [3.8, 4) is 0 Å². The lowest BCUT2D eigenvalue weighted by molar-refractivity contribution is -0.139. The van der Waals surface area contributed by atoms with Crippen LogP contribution in [0.1, 0.15) is 5.56 Å². The van der Waals surface area contributed by atoms with E-state index < -0.39 is 30.7 Å². The van der Waals surface area contributed by atoms with Crippen molar-refractivity contribution >= 4 is 31.3 Å². The fraction of sp³-hybridized carbons (Fsp3) is 0.143. The largest absolute Gasteiger partial charge is 0.417 e. The van der Waals surface area contributed by atoms with Gasteiger partial charge in [-0.2, -0.15) is 13.2 Å². The summed E-state index contributed by atoms with van der Waals surface area (Å²) in [6.07, 6.45) is -4.82. The zero-order valence-corrected chi connectivity index (χ0v) is 9.17. The van der Waals surface area contributed by atoms with Gasteiger partial charge in [-0.1, -0.05) is 17.7 Å². The molecule has 1 aromatic carbocycles. The maximum absolute atomic E-state index is 12.4. The summed E-state index contributed by atoms with van der Waals surface area (Å²) in [6.45, 7) is 0. The monoisotopic (exact) mass is 278 g/mol. The second-order valence-corrected chi connectivity index (χ2v) is 5.46. The van der Waals surface area contributed by atoms with Crippen molar-refractivity contribution in [1.82, 2.24) is 0 Å². The number of halogens is 5. The summed E-state index contributed by atoms with van der Waals surface area (Å²) >= 11 is 5.36. The van der Waals surface area contributed by atoms with Gasteiger partial charge in [0.25, 0.3) is 9.05 Å². The number of benzene rings is 1. The molecule has 0 saturated heterocycles. The molecule has 8 heteroatoms. The molecule has 0 fully saturated rings. The normalized spacial score (nSPS) is 12.9. The van der Waals surface area contributed by atoms with Crippen LogP contribution in [0.5, 0.6) is 0 Å². The van der Waals surface area contributed by atoms with Crippen molar-refractivity contribution in [3.63, 3.8) is 0 Å². The molecule has 0 aliphatic carbocycles. The third-order valence-corrected chi connectivity index (χ3v) is 3.33. The fourth-order valence-electron chi connectivity index (χ4n) is 0.980. The van der Waals surface area contributed by atoms with E-state index in [1.54, 1.807) is 0 Å². The standard InChI is InChI=1S/C7H3Cl2F3O2S/c8-5-3-1-2-4(7(10,11)12)6(5)15(9,13)14/h1-3H. The predicted octanol–water partition coefficient (Wildman–Crippen LogP) is 3.29. The third-order valence-electron chi connectivity index (χ3n) is 1.52. The molecule has 0 unspecified atom stereocenters. The van der Waals surface area contributed by atoms with E-state index in [4.69, 9.17) is 22.3 Å². The molecule has 0 saturated carbocycles. The van der Waals surface area contributed by atoms with Crippen LogP contribution in [-0.2, 0) is 15.2 Å². The Bertz CT molecular complexity index is 481. The van der Waals surface area contributed by atoms with Crippen LogP contribution in [0.3, 0.4) is 0 Å². The van der Waals surface area contributed by atoms with Gasteiger partial charge in [-0.05, 0) is 12.1 Å². The lowest BCUT2D eigenvalue weighted by atomic mass is 10.2. The first-order valence-corrected chi connectivity index (χ1v) is 6.13. The number of alkyl halides is 3. The van der Waals surface area contributed by atoms with Crippen molar-refractivity contribution in [2.75, 3.05) is 0 Å². The van der Waals surface area contributed by atoms with Gasteiger partial charge in [0, 0.05) is 10.7 Å². The molecule has 0 bridgehead atoms. The zero-order valence-electron chi connectivity index (χ0n) is 6.85. The summed E-state index contributed by atoms with van der Waals surface area (Å²) in [5.41, 5.74) is -1.37. The molecular weight excluding hydrogens is 276 g/mol. The van der Waals surface area contributed by atoms with Gasteiger partial charge in [0.2, 0.25) is 0 Å². The molecule has 0 atom stereocenters. The topological polar surface area (TPSA) is 34.1 Å². The van der Waals surface area contributed by atoms with Gasteiger partial charge < -0.3 is 0 Å². The van der Waals surface area contributed by atoms with Crippen molar-refractivity contribution < 1.29 is 21.6 Å². The van der Waals surface area contributed by atoms with Gasteiger partial charge in [0.15, 0.2) is 0 Å². The van der Waals surface area contributed by atoms with Crippen LogP contribution in [0, 0.1) is 0 Å². The van der Waals surface area contributed by atoms with Gasteiger partial charge in [0.1, 0.15) is 4.90 Å². The highest BCUT2D eigenvalue weighted by Gasteiger charge is 2.37. The minimum Gasteiger partial charge on any atom is -0.207 e. The SMILES string of the molecule is O=S(=O)(Cl)c1c(Cl)cccc1C(F)(F)F. The van der Waals surface area contributed by atoms with Crippen molar-refractivity contribution in [2.45, 2.75) is 11.1 Å². The van der Waals surface area contributed by atoms with Crippen molar-refractivity contribution in [2.24, 2.45) is 0 Å². The van der Waals surface area contributed by atoms with Gasteiger partial charge in [-0.15, -0.1) is 0 Å². The van der Waals surface area contributed by atoms with E-state index in [1.165, 1.54) is 0 Å². The summed E-state index contributed by atoms with van der Waals surface area (Å²) in [7, 11) is 0.336. The maximum atomic E-state index is 12.4. The Kier molecular flexibility index (Phi) is 3.23. The average molecular weight is 279 g/mol. The predicted molar refractivity (Wildman–Crippen MR) is 49.5 cm³/mol. The smallest absolute Gasteiger partial charge is 0.207 e. The molecule has 84 valence electrons. The fourth-order valence-corrected chi connectivity index (χ4v) is 2.82. The molecule has 0 aromatic heterocycles. The summed E-state index contributed by atoms with van der Waals surface area (Å²) < 4.78 is 58.9. The van der Waals surface area contributed by atoms with Crippen molar-refractivity contribution in [3.05, 3.63) is 28.8 Å². The second kappa shape index (κ2) is 3.84. The van der Waals surface area contributed by atoms with Gasteiger partial charge >= 0.3 is 6.18 Å². The molecule has 0 spiro atoms. The summed E-state index contributed by atoms with van der Waals surface area (Å²) in [5.74, 6) is 0. The van der Waals surface area contributed by atoms with Gasteiger partial charge in [-0.3, -0.25) is 0 Å². The van der Waals surface area contributed by atoms with E-state index in [-0.39, 0.29) is 0 Å². The zero-order chi connectivity index (χ0) is 11.9. The van der Waals surface area contributed by atoms with E-state index >= 15 is 0 Å². The highest BCUT2D eigenvalue weighted by Crippen LogP contribution is 2.38. The molecule has 0 aliphatic heterocycles. The van der Waals surface area contributed by atoms with E-state index in [2.05, 4.69) is 0 Å². The Morgan fingerprint density at radius 1 is 1.20 bits per heavy atom. The molecular formula is C7H3Cl2F3O2S. The number of hydrogen-bond donors (Lipinski definition) is 0. The minimum atomic E-state index is -4.82. The van der Waals surface area contributed by atoms with Crippen LogP contribution in [0.4, 0.5) is 13.2 Å². The number of rotatable bonds is 1. The average Bonchev–Trinajstić information content (AvgIpc) is 1.99. The van der Waals surface area contributed by atoms with Crippen LogP contribution in [-0.4, -0.2) is 8.42 Å². The van der Waals surface area contributed by atoms with Crippen LogP contribution >= 0.6 is 22.3 Å². The van der Waals surface area contributed by atoms with Crippen LogP contribution in [0.15, 0.2) is 23.1 Å². The van der Waals surface area contributed by atoms with E-state index in [0.29, 0.717) is 6.07 Å². The van der Waals surface area contributed by atoms with Crippen LogP contribution in [0.2, 0.25) is 5.02 Å². The van der Waals surface area contributed by atoms with E-state index in [0.717, 1.165) is 12.1 Å². The van der Waals surface area contributed by atoms with Crippen LogP contribution in [0.25, 0.3) is 0 Å². The van der Waals surface area contributed by atoms with E-state index in [9.17, 15) is 21.6 Å². The lowest BCUT2D eigenvalue weighted by Gasteiger charge is -2.11. The van der Waals surface area contributed by atoms with E-state index in [1.807, 2.05) is 0 Å². The molecule has 0 aliphatic rings. The molecule has 2 nitrogen and oxygen atoms in total. The molecule has 1 aromatic rings. The summed E-state index contributed by atoms with van der Waals surface area (Å²) in [5, 5.41) is -0.556. The first-order chi connectivity index (χ1) is 6.64. The Morgan fingerprint density at radius 3 is 2.07 bits per heavy atom. The Morgan fingerprint density at radius 2 is 1.73 bits per heavy atom. The molecule has 0 amide bonds. The third kappa shape index (κ3) is 2.76. The Hall–Kier alpha value is -0.460. The highest BCUT2D eigenvalue weighted by molar-refractivity contribution is 8.13. The lowest BCUT2D eigenvalue weighted by Crippen LogP contribution is -2.10. The quantitative estimate of drug-likeness (QED) is 0.739. The second-order valence-electron chi connectivity index (χ2n) is 2.55. The van der Waals surface area contributed by atoms with Crippen molar-refractivity contribution in [1.29, 1.82) is 0 Å². The van der Waals surface area contributed by atoms with Crippen LogP contribution < -0.4 is 0 Å². The molecule has 0 N–H and O–H groups in total. The Labute approximate surface area is 93.0 Å². The molecule has 15 heavy (non-hydrogen) atoms. The maximum Gasteiger partial charge on any atom is 0.417 e. The van der Waals surface area contributed by atoms with Gasteiger partial charge in [-0.25, -0.2) is 8.42 Å². The Balaban J connectivity index is 3.63. The highest BCUT2D eigenvalue weighted by atomic mass is 35.7. The summed E-state index contributed by atoms with van der Waals surface area (Å²) in [4.78, 5) is -1.11.